The van der Waals surface area contributed by atoms with Gasteiger partial charge in [-0.05, 0) is 12.8 Å². The lowest BCUT2D eigenvalue weighted by molar-refractivity contribution is -0.870. The van der Waals surface area contributed by atoms with Gasteiger partial charge in [0.2, 0.25) is 5.91 Å². The number of nitrogens with two attached hydrogens (primary N) is 1. The van der Waals surface area contributed by atoms with Crippen molar-refractivity contribution in [2.75, 3.05) is 27.7 Å². The highest BCUT2D eigenvalue weighted by molar-refractivity contribution is 7.81. The van der Waals surface area contributed by atoms with Crippen LogP contribution in [0, 0.1) is 0 Å². The second kappa shape index (κ2) is 6.89. The second-order valence-corrected chi connectivity index (χ2v) is 4.70. The highest BCUT2D eigenvalue weighted by Crippen LogP contribution is 2.05. The minimum absolute atomic E-state index is 0. The normalized spacial score (nSPS) is 13.2. The lowest BCUT2D eigenvalue weighted by Crippen LogP contribution is -3.00. The molecule has 0 aliphatic heterocycles. The Morgan fingerprint density at radius 1 is 1.46 bits per heavy atom. The predicted molar refractivity (Wildman–Crippen MR) is 54.1 cm³/mol. The van der Waals surface area contributed by atoms with E-state index in [0.29, 0.717) is 0 Å². The first kappa shape index (κ1) is 16.0. The fourth-order valence-corrected chi connectivity index (χ4v) is 1.08. The smallest absolute Gasteiger partial charge is 0.230 e. The molecule has 3 nitrogen and oxygen atoms in total. The van der Waals surface area contributed by atoms with E-state index < -0.39 is 0 Å². The van der Waals surface area contributed by atoms with E-state index in [4.69, 9.17) is 5.73 Å². The number of amides is 1. The average Bonchev–Trinajstić information content (AvgIpc) is 1.84. The van der Waals surface area contributed by atoms with Gasteiger partial charge in [0.25, 0.3) is 0 Å². The summed E-state index contributed by atoms with van der Waals surface area (Å²) >= 11 is 4.07. The van der Waals surface area contributed by atoms with Crippen LogP contribution in [0.3, 0.4) is 0 Å². The topological polar surface area (TPSA) is 43.1 Å². The summed E-state index contributed by atoms with van der Waals surface area (Å²) in [5.41, 5.74) is 5.07. The van der Waals surface area contributed by atoms with Gasteiger partial charge in [-0.15, -0.1) is 0 Å². The standard InChI is InChI=1S/C8H18N2OS.HI/c1-10(2,3)6-4-5-7(12)8(9)11;/h7H,4-6H2,1-3H3,(H2-,9,11,12);1H. The number of primary amides is 1. The zero-order valence-corrected chi connectivity index (χ0v) is 11.5. The van der Waals surface area contributed by atoms with E-state index in [1.807, 2.05) is 0 Å². The van der Waals surface area contributed by atoms with Gasteiger partial charge in [0.1, 0.15) is 0 Å². The maximum atomic E-state index is 10.6. The number of hydrogen-bond donors (Lipinski definition) is 2. The Labute approximate surface area is 103 Å². The third-order valence-corrected chi connectivity index (χ3v) is 2.15. The van der Waals surface area contributed by atoms with Crippen LogP contribution < -0.4 is 29.7 Å². The SMILES string of the molecule is C[N+](C)(C)CCCC(S)C(N)=O.[I-]. The van der Waals surface area contributed by atoms with Crippen molar-refractivity contribution in [3.63, 3.8) is 0 Å². The van der Waals surface area contributed by atoms with E-state index in [2.05, 4.69) is 33.8 Å². The molecular formula is C8H19IN2OS. The Bertz CT molecular complexity index is 159. The summed E-state index contributed by atoms with van der Waals surface area (Å²) in [6.45, 7) is 1.05. The third kappa shape index (κ3) is 10.4. The fourth-order valence-electron chi connectivity index (χ4n) is 0.901. The largest absolute Gasteiger partial charge is 1.00 e. The molecule has 0 rings (SSSR count). The van der Waals surface area contributed by atoms with Crippen molar-refractivity contribution in [3.8, 4) is 0 Å². The van der Waals surface area contributed by atoms with E-state index in [1.165, 1.54) is 0 Å². The summed E-state index contributed by atoms with van der Waals surface area (Å²) in [5, 5.41) is -0.281. The van der Waals surface area contributed by atoms with Crippen LogP contribution in [-0.2, 0) is 4.79 Å². The van der Waals surface area contributed by atoms with Gasteiger partial charge >= 0.3 is 0 Å². The minimum atomic E-state index is -0.320. The van der Waals surface area contributed by atoms with Crippen molar-refractivity contribution in [3.05, 3.63) is 0 Å². The van der Waals surface area contributed by atoms with Crippen LogP contribution in [0.4, 0.5) is 0 Å². The zero-order valence-electron chi connectivity index (χ0n) is 8.46. The van der Waals surface area contributed by atoms with Crippen LogP contribution in [0.15, 0.2) is 0 Å². The molecule has 0 saturated carbocycles. The summed E-state index contributed by atoms with van der Waals surface area (Å²) in [4.78, 5) is 10.6. The number of rotatable bonds is 5. The van der Waals surface area contributed by atoms with Gasteiger partial charge in [-0.3, -0.25) is 4.79 Å². The molecule has 0 aromatic rings. The first-order valence-electron chi connectivity index (χ1n) is 4.11. The first-order valence-corrected chi connectivity index (χ1v) is 4.62. The van der Waals surface area contributed by atoms with Crippen LogP contribution in [0.5, 0.6) is 0 Å². The summed E-state index contributed by atoms with van der Waals surface area (Å²) in [6.07, 6.45) is 1.76. The number of carbonyl (C=O) groups is 1. The molecule has 0 aliphatic rings. The van der Waals surface area contributed by atoms with Gasteiger partial charge in [-0.1, -0.05) is 0 Å². The summed E-state index contributed by atoms with van der Waals surface area (Å²) in [5.74, 6) is -0.320. The van der Waals surface area contributed by atoms with E-state index in [1.54, 1.807) is 0 Å². The van der Waals surface area contributed by atoms with Crippen molar-refractivity contribution in [2.45, 2.75) is 18.1 Å². The van der Waals surface area contributed by atoms with Crippen LogP contribution in [-0.4, -0.2) is 43.3 Å². The quantitative estimate of drug-likeness (QED) is 0.322. The minimum Gasteiger partial charge on any atom is -1.00 e. The van der Waals surface area contributed by atoms with E-state index in [9.17, 15) is 4.79 Å². The van der Waals surface area contributed by atoms with Crippen LogP contribution in [0.2, 0.25) is 0 Å². The second-order valence-electron chi connectivity index (χ2n) is 4.07. The molecule has 0 spiro atoms. The molecule has 0 bridgehead atoms. The Hall–Kier alpha value is 0.510. The fraction of sp³-hybridized carbons (Fsp3) is 0.875. The lowest BCUT2D eigenvalue weighted by atomic mass is 10.2. The molecule has 0 aliphatic carbocycles. The van der Waals surface area contributed by atoms with Gasteiger partial charge in [0, 0.05) is 0 Å². The summed E-state index contributed by atoms with van der Waals surface area (Å²) < 4.78 is 0.916. The van der Waals surface area contributed by atoms with E-state index >= 15 is 0 Å². The maximum absolute atomic E-state index is 10.6. The molecule has 0 aromatic heterocycles. The summed E-state index contributed by atoms with van der Waals surface area (Å²) in [7, 11) is 6.37. The number of nitrogens with zero attached hydrogens (tertiary/aromatic N) is 1. The first-order chi connectivity index (χ1) is 5.33. The Morgan fingerprint density at radius 3 is 2.23 bits per heavy atom. The molecule has 80 valence electrons. The molecule has 0 fully saturated rings. The van der Waals surface area contributed by atoms with Gasteiger partial charge in [-0.25, -0.2) is 0 Å². The number of hydrogen-bond acceptors (Lipinski definition) is 2. The molecule has 0 saturated heterocycles. The molecule has 1 amide bonds. The molecule has 0 radical (unpaired) electrons. The number of carbonyl (C=O) groups excluding carboxylic acids is 1. The van der Waals surface area contributed by atoms with Gasteiger partial charge < -0.3 is 34.2 Å². The third-order valence-electron chi connectivity index (χ3n) is 1.63. The highest BCUT2D eigenvalue weighted by atomic mass is 127. The number of quaternary nitrogens is 1. The van der Waals surface area contributed by atoms with Crippen molar-refractivity contribution in [1.82, 2.24) is 0 Å². The van der Waals surface area contributed by atoms with Gasteiger partial charge in [-0.2, -0.15) is 12.6 Å². The highest BCUT2D eigenvalue weighted by Gasteiger charge is 2.12. The summed E-state index contributed by atoms with van der Waals surface area (Å²) in [6, 6.07) is 0. The molecular weight excluding hydrogens is 299 g/mol. The molecule has 0 heterocycles. The Kier molecular flexibility index (Phi) is 8.46. The lowest BCUT2D eigenvalue weighted by Gasteiger charge is -2.24. The molecule has 1 unspecified atom stereocenters. The van der Waals surface area contributed by atoms with Gasteiger partial charge in [0.15, 0.2) is 0 Å². The van der Waals surface area contributed by atoms with Crippen LogP contribution in [0.25, 0.3) is 0 Å². The van der Waals surface area contributed by atoms with Crippen LogP contribution >= 0.6 is 12.6 Å². The monoisotopic (exact) mass is 318 g/mol. The van der Waals surface area contributed by atoms with Crippen molar-refractivity contribution in [1.29, 1.82) is 0 Å². The Morgan fingerprint density at radius 2 is 1.92 bits per heavy atom. The van der Waals surface area contributed by atoms with Crippen molar-refractivity contribution in [2.24, 2.45) is 5.73 Å². The number of thiol groups is 1. The van der Waals surface area contributed by atoms with Crippen molar-refractivity contribution < 1.29 is 33.3 Å². The molecule has 1 atom stereocenters. The van der Waals surface area contributed by atoms with Crippen molar-refractivity contribution >= 4 is 18.5 Å². The maximum Gasteiger partial charge on any atom is 0.230 e. The molecule has 2 N–H and O–H groups in total. The zero-order chi connectivity index (χ0) is 9.78. The molecule has 0 aromatic carbocycles. The Balaban J connectivity index is 0. The predicted octanol–water partition coefficient (Wildman–Crippen LogP) is -2.74. The van der Waals surface area contributed by atoms with E-state index in [-0.39, 0.29) is 35.1 Å². The number of halogens is 1. The molecule has 13 heavy (non-hydrogen) atoms. The van der Waals surface area contributed by atoms with Gasteiger partial charge in [0.05, 0.1) is 32.9 Å². The molecule has 5 heteroatoms. The van der Waals surface area contributed by atoms with E-state index in [0.717, 1.165) is 23.9 Å². The average molecular weight is 318 g/mol. The van der Waals surface area contributed by atoms with Crippen LogP contribution in [0.1, 0.15) is 12.8 Å².